The second kappa shape index (κ2) is 8.47. The maximum absolute atomic E-state index is 12.2. The van der Waals surface area contributed by atoms with Crippen LogP contribution < -0.4 is 4.74 Å². The molecule has 6 heteroatoms. The fourth-order valence-electron chi connectivity index (χ4n) is 2.16. The van der Waals surface area contributed by atoms with Crippen LogP contribution in [0.3, 0.4) is 0 Å². The van der Waals surface area contributed by atoms with Crippen LogP contribution in [0.5, 0.6) is 5.75 Å². The number of benzene rings is 1. The van der Waals surface area contributed by atoms with Gasteiger partial charge in [0.1, 0.15) is 10.1 Å². The minimum atomic E-state index is -0.00786. The third kappa shape index (κ3) is 5.06. The minimum absolute atomic E-state index is 0.00786. The van der Waals surface area contributed by atoms with Gasteiger partial charge in [-0.05, 0) is 51.2 Å². The molecule has 0 atom stereocenters. The van der Waals surface area contributed by atoms with Crippen LogP contribution in [-0.2, 0) is 4.79 Å². The van der Waals surface area contributed by atoms with Gasteiger partial charge in [0.15, 0.2) is 0 Å². The van der Waals surface area contributed by atoms with E-state index in [-0.39, 0.29) is 5.91 Å². The number of hydrogen-bond donors (Lipinski definition) is 0. The van der Waals surface area contributed by atoms with Crippen LogP contribution in [0.4, 0.5) is 0 Å². The molecule has 23 heavy (non-hydrogen) atoms. The highest BCUT2D eigenvalue weighted by Gasteiger charge is 2.30. The van der Waals surface area contributed by atoms with E-state index in [1.54, 1.807) is 4.90 Å². The number of hydrogen-bond acceptors (Lipinski definition) is 5. The highest BCUT2D eigenvalue weighted by Crippen LogP contribution is 2.32. The van der Waals surface area contributed by atoms with E-state index >= 15 is 0 Å². The number of thioether (sulfide) groups is 1. The first kappa shape index (κ1) is 18.0. The first-order valence-corrected chi connectivity index (χ1v) is 8.86. The van der Waals surface area contributed by atoms with Crippen LogP contribution in [0.25, 0.3) is 6.08 Å². The van der Waals surface area contributed by atoms with Gasteiger partial charge in [0.2, 0.25) is 0 Å². The summed E-state index contributed by atoms with van der Waals surface area (Å²) in [5.74, 6) is 0.841. The van der Waals surface area contributed by atoms with E-state index in [1.165, 1.54) is 11.8 Å². The van der Waals surface area contributed by atoms with E-state index in [0.717, 1.165) is 24.3 Å². The Hall–Kier alpha value is -1.37. The van der Waals surface area contributed by atoms with Crippen molar-refractivity contribution in [1.29, 1.82) is 0 Å². The van der Waals surface area contributed by atoms with Crippen LogP contribution >= 0.6 is 24.0 Å². The lowest BCUT2D eigenvalue weighted by Crippen LogP contribution is -2.27. The number of carbonyl (C=O) groups excluding carboxylic acids is 1. The number of ether oxygens (including phenoxy) is 1. The SMILES string of the molecule is CCN1C(=O)C(=Cc2ccc(OCCCN(C)C)cc2)SC1=S. The van der Waals surface area contributed by atoms with Crippen LogP contribution in [-0.4, -0.2) is 53.8 Å². The molecule has 0 saturated carbocycles. The summed E-state index contributed by atoms with van der Waals surface area (Å²) in [4.78, 5) is 16.6. The standard InChI is InChI=1S/C17H22N2O2S2/c1-4-19-16(20)15(23-17(19)22)12-13-6-8-14(9-7-13)21-11-5-10-18(2)3/h6-9,12H,4-5,10-11H2,1-3H3. The lowest BCUT2D eigenvalue weighted by Gasteiger charge is -2.10. The zero-order chi connectivity index (χ0) is 16.8. The van der Waals surface area contributed by atoms with Crippen molar-refractivity contribution in [2.45, 2.75) is 13.3 Å². The average Bonchev–Trinajstić information content (AvgIpc) is 2.79. The molecule has 124 valence electrons. The molecule has 1 fully saturated rings. The van der Waals surface area contributed by atoms with E-state index in [4.69, 9.17) is 17.0 Å². The summed E-state index contributed by atoms with van der Waals surface area (Å²) >= 11 is 6.57. The first-order chi connectivity index (χ1) is 11.0. The molecule has 1 aliphatic heterocycles. The summed E-state index contributed by atoms with van der Waals surface area (Å²) < 4.78 is 6.33. The Labute approximate surface area is 147 Å². The molecule has 0 N–H and O–H groups in total. The molecule has 1 heterocycles. The number of amides is 1. The summed E-state index contributed by atoms with van der Waals surface area (Å²) in [6.07, 6.45) is 2.87. The smallest absolute Gasteiger partial charge is 0.266 e. The summed E-state index contributed by atoms with van der Waals surface area (Å²) in [6.45, 7) is 4.25. The number of nitrogens with zero attached hydrogens (tertiary/aromatic N) is 2. The lowest BCUT2D eigenvalue weighted by molar-refractivity contribution is -0.121. The van der Waals surface area contributed by atoms with Gasteiger partial charge in [-0.3, -0.25) is 9.69 Å². The van der Waals surface area contributed by atoms with Gasteiger partial charge in [-0.1, -0.05) is 36.1 Å². The average molecular weight is 351 g/mol. The third-order valence-electron chi connectivity index (χ3n) is 3.39. The molecule has 0 bridgehead atoms. The predicted octanol–water partition coefficient (Wildman–Crippen LogP) is 3.24. The predicted molar refractivity (Wildman–Crippen MR) is 101 cm³/mol. The molecular weight excluding hydrogens is 328 g/mol. The van der Waals surface area contributed by atoms with Crippen molar-refractivity contribution in [3.8, 4) is 5.75 Å². The normalized spacial score (nSPS) is 16.7. The molecule has 4 nitrogen and oxygen atoms in total. The van der Waals surface area contributed by atoms with E-state index in [0.29, 0.717) is 22.4 Å². The maximum Gasteiger partial charge on any atom is 0.266 e. The zero-order valence-electron chi connectivity index (χ0n) is 13.7. The zero-order valence-corrected chi connectivity index (χ0v) is 15.4. The Bertz CT molecular complexity index is 597. The first-order valence-electron chi connectivity index (χ1n) is 7.64. The second-order valence-electron chi connectivity index (χ2n) is 5.50. The molecule has 0 aliphatic carbocycles. The number of thiocarbonyl (C=S) groups is 1. The van der Waals surface area contributed by atoms with Gasteiger partial charge in [0, 0.05) is 13.1 Å². The van der Waals surface area contributed by atoms with Crippen molar-refractivity contribution >= 4 is 40.3 Å². The van der Waals surface area contributed by atoms with Gasteiger partial charge < -0.3 is 9.64 Å². The van der Waals surface area contributed by atoms with Crippen molar-refractivity contribution in [2.75, 3.05) is 33.8 Å². The van der Waals surface area contributed by atoms with E-state index in [2.05, 4.69) is 19.0 Å². The summed E-state index contributed by atoms with van der Waals surface area (Å²) in [6, 6.07) is 7.78. The lowest BCUT2D eigenvalue weighted by atomic mass is 10.2. The molecule has 1 amide bonds. The van der Waals surface area contributed by atoms with E-state index in [1.807, 2.05) is 37.3 Å². The molecular formula is C17H22N2O2S2. The van der Waals surface area contributed by atoms with Crippen LogP contribution in [0.2, 0.25) is 0 Å². The Morgan fingerprint density at radius 1 is 1.30 bits per heavy atom. The van der Waals surface area contributed by atoms with E-state index < -0.39 is 0 Å². The number of likely N-dealkylation sites (N-methyl/N-ethyl adjacent to an activating group) is 1. The molecule has 1 saturated heterocycles. The molecule has 2 rings (SSSR count). The minimum Gasteiger partial charge on any atom is -0.494 e. The molecule has 1 aromatic carbocycles. The molecule has 0 unspecified atom stereocenters. The van der Waals surface area contributed by atoms with Crippen LogP contribution in [0.15, 0.2) is 29.2 Å². The van der Waals surface area contributed by atoms with Crippen molar-refractivity contribution in [3.05, 3.63) is 34.7 Å². The highest BCUT2D eigenvalue weighted by atomic mass is 32.2. The summed E-state index contributed by atoms with van der Waals surface area (Å²) in [5, 5.41) is 0. The van der Waals surface area contributed by atoms with Crippen LogP contribution in [0, 0.1) is 0 Å². The van der Waals surface area contributed by atoms with Gasteiger partial charge in [0.05, 0.1) is 11.5 Å². The fourth-order valence-corrected chi connectivity index (χ4v) is 3.54. The van der Waals surface area contributed by atoms with Gasteiger partial charge in [-0.15, -0.1) is 0 Å². The third-order valence-corrected chi connectivity index (χ3v) is 4.76. The summed E-state index contributed by atoms with van der Waals surface area (Å²) in [7, 11) is 4.10. The van der Waals surface area contributed by atoms with Gasteiger partial charge >= 0.3 is 0 Å². The number of rotatable bonds is 7. The molecule has 1 aromatic rings. The summed E-state index contributed by atoms with van der Waals surface area (Å²) in [5.41, 5.74) is 0.974. The van der Waals surface area contributed by atoms with Crippen molar-refractivity contribution < 1.29 is 9.53 Å². The maximum atomic E-state index is 12.2. The van der Waals surface area contributed by atoms with Gasteiger partial charge in [0.25, 0.3) is 5.91 Å². The molecule has 0 aromatic heterocycles. The Morgan fingerprint density at radius 3 is 2.57 bits per heavy atom. The fraction of sp³-hybridized carbons (Fsp3) is 0.412. The van der Waals surface area contributed by atoms with Crippen LogP contribution in [0.1, 0.15) is 18.9 Å². The van der Waals surface area contributed by atoms with Crippen molar-refractivity contribution in [2.24, 2.45) is 0 Å². The van der Waals surface area contributed by atoms with Crippen molar-refractivity contribution in [1.82, 2.24) is 9.80 Å². The molecule has 0 radical (unpaired) electrons. The second-order valence-corrected chi connectivity index (χ2v) is 7.18. The number of carbonyl (C=O) groups is 1. The largest absolute Gasteiger partial charge is 0.494 e. The quantitative estimate of drug-likeness (QED) is 0.428. The topological polar surface area (TPSA) is 32.8 Å². The van der Waals surface area contributed by atoms with E-state index in [9.17, 15) is 4.79 Å². The van der Waals surface area contributed by atoms with Crippen molar-refractivity contribution in [3.63, 3.8) is 0 Å². The molecule has 1 aliphatic rings. The Morgan fingerprint density at radius 2 is 2.00 bits per heavy atom. The molecule has 0 spiro atoms. The van der Waals surface area contributed by atoms with Gasteiger partial charge in [-0.2, -0.15) is 0 Å². The highest BCUT2D eigenvalue weighted by molar-refractivity contribution is 8.26. The van der Waals surface area contributed by atoms with Gasteiger partial charge in [-0.25, -0.2) is 0 Å². The Kier molecular flexibility index (Phi) is 6.62. The Balaban J connectivity index is 1.94. The monoisotopic (exact) mass is 350 g/mol.